The molecule has 106 valence electrons. The zero-order valence-electron chi connectivity index (χ0n) is 11.1. The van der Waals surface area contributed by atoms with Gasteiger partial charge in [0.05, 0.1) is 16.6 Å². The first-order chi connectivity index (χ1) is 9.44. The van der Waals surface area contributed by atoms with Crippen molar-refractivity contribution in [1.29, 1.82) is 0 Å². The molecule has 0 fully saturated rings. The fraction of sp³-hybridized carbons (Fsp3) is 0.385. The highest BCUT2D eigenvalue weighted by molar-refractivity contribution is 7.99. The van der Waals surface area contributed by atoms with Crippen LogP contribution in [0.15, 0.2) is 27.9 Å². The summed E-state index contributed by atoms with van der Waals surface area (Å²) in [6, 6.07) is 4.13. The van der Waals surface area contributed by atoms with Gasteiger partial charge in [0, 0.05) is 11.8 Å². The van der Waals surface area contributed by atoms with Crippen molar-refractivity contribution in [2.45, 2.75) is 31.6 Å². The minimum absolute atomic E-state index is 0.134. The Labute approximate surface area is 117 Å². The van der Waals surface area contributed by atoms with E-state index < -0.39 is 16.4 Å². The highest BCUT2D eigenvalue weighted by atomic mass is 32.2. The SMILES string of the molecule is CC1(C)CC(S(=O)Cc2noc3ccc(F)cc23)=NO1. The molecule has 0 bridgehead atoms. The van der Waals surface area contributed by atoms with Gasteiger partial charge in [0.2, 0.25) is 0 Å². The second-order valence-corrected chi connectivity index (χ2v) is 6.72. The normalized spacial score (nSPS) is 18.9. The molecule has 0 radical (unpaired) electrons. The van der Waals surface area contributed by atoms with Crippen molar-refractivity contribution in [2.24, 2.45) is 5.16 Å². The molecule has 1 aromatic carbocycles. The van der Waals surface area contributed by atoms with Gasteiger partial charge in [-0.15, -0.1) is 0 Å². The smallest absolute Gasteiger partial charge is 0.167 e. The summed E-state index contributed by atoms with van der Waals surface area (Å²) < 4.78 is 30.6. The Morgan fingerprint density at radius 1 is 1.45 bits per heavy atom. The molecule has 1 aliphatic heterocycles. The van der Waals surface area contributed by atoms with Crippen molar-refractivity contribution in [2.75, 3.05) is 0 Å². The van der Waals surface area contributed by atoms with Gasteiger partial charge < -0.3 is 9.36 Å². The monoisotopic (exact) mass is 296 g/mol. The molecule has 20 heavy (non-hydrogen) atoms. The first-order valence-electron chi connectivity index (χ1n) is 6.12. The standard InChI is InChI=1S/C13H13FN2O3S/c1-13(2)6-12(16-19-13)20(17)7-10-9-5-8(14)3-4-11(9)18-15-10/h3-5H,6-7H2,1-2H3. The Morgan fingerprint density at radius 3 is 2.95 bits per heavy atom. The molecule has 7 heteroatoms. The number of nitrogens with zero attached hydrogens (tertiary/aromatic N) is 2. The van der Waals surface area contributed by atoms with Crippen molar-refractivity contribution in [3.05, 3.63) is 29.7 Å². The second-order valence-electron chi connectivity index (χ2n) is 5.27. The first kappa shape index (κ1) is 13.2. The zero-order valence-corrected chi connectivity index (χ0v) is 11.9. The van der Waals surface area contributed by atoms with Crippen LogP contribution in [0.5, 0.6) is 0 Å². The van der Waals surface area contributed by atoms with Gasteiger partial charge in [0.15, 0.2) is 5.58 Å². The average Bonchev–Trinajstić information content (AvgIpc) is 2.93. The third kappa shape index (κ3) is 2.45. The molecule has 3 rings (SSSR count). The van der Waals surface area contributed by atoms with Crippen molar-refractivity contribution in [3.63, 3.8) is 0 Å². The summed E-state index contributed by atoms with van der Waals surface area (Å²) >= 11 is 0. The summed E-state index contributed by atoms with van der Waals surface area (Å²) in [7, 11) is -1.35. The van der Waals surface area contributed by atoms with E-state index in [9.17, 15) is 8.60 Å². The van der Waals surface area contributed by atoms with Gasteiger partial charge in [-0.3, -0.25) is 4.21 Å². The molecular weight excluding hydrogens is 283 g/mol. The summed E-state index contributed by atoms with van der Waals surface area (Å²) in [5.74, 6) is -0.246. The van der Waals surface area contributed by atoms with Gasteiger partial charge >= 0.3 is 0 Å². The van der Waals surface area contributed by atoms with E-state index in [1.807, 2.05) is 13.8 Å². The van der Waals surface area contributed by atoms with E-state index in [1.165, 1.54) is 18.2 Å². The van der Waals surface area contributed by atoms with Gasteiger partial charge in [0.1, 0.15) is 22.2 Å². The summed E-state index contributed by atoms with van der Waals surface area (Å²) in [6.45, 7) is 3.75. The van der Waals surface area contributed by atoms with Gasteiger partial charge in [-0.25, -0.2) is 4.39 Å². The lowest BCUT2D eigenvalue weighted by molar-refractivity contribution is 0.0123. The summed E-state index contributed by atoms with van der Waals surface area (Å²) in [5.41, 5.74) is 0.511. The molecule has 2 heterocycles. The number of benzene rings is 1. The maximum absolute atomic E-state index is 13.2. The van der Waals surface area contributed by atoms with E-state index in [0.717, 1.165) is 0 Å². The first-order valence-corrected chi connectivity index (χ1v) is 7.44. The average molecular weight is 296 g/mol. The molecule has 1 atom stereocenters. The third-order valence-electron chi connectivity index (χ3n) is 3.01. The predicted molar refractivity (Wildman–Crippen MR) is 73.0 cm³/mol. The number of rotatable bonds is 2. The number of hydrogen-bond acceptors (Lipinski definition) is 5. The van der Waals surface area contributed by atoms with Crippen molar-refractivity contribution in [3.8, 4) is 0 Å². The molecule has 0 N–H and O–H groups in total. The highest BCUT2D eigenvalue weighted by Crippen LogP contribution is 2.26. The Hall–Kier alpha value is -1.76. The lowest BCUT2D eigenvalue weighted by Crippen LogP contribution is -2.20. The van der Waals surface area contributed by atoms with Crippen LogP contribution in [-0.4, -0.2) is 20.0 Å². The largest absolute Gasteiger partial charge is 0.389 e. The van der Waals surface area contributed by atoms with Crippen LogP contribution in [0.2, 0.25) is 0 Å². The molecule has 1 aliphatic rings. The number of halogens is 1. The molecule has 5 nitrogen and oxygen atoms in total. The van der Waals surface area contributed by atoms with E-state index in [4.69, 9.17) is 9.36 Å². The fourth-order valence-corrected chi connectivity index (χ4v) is 3.25. The van der Waals surface area contributed by atoms with E-state index in [0.29, 0.717) is 28.1 Å². The van der Waals surface area contributed by atoms with Crippen LogP contribution in [0.4, 0.5) is 4.39 Å². The molecule has 0 amide bonds. The van der Waals surface area contributed by atoms with Crippen LogP contribution in [0.25, 0.3) is 11.0 Å². The molecule has 1 aromatic heterocycles. The van der Waals surface area contributed by atoms with Crippen LogP contribution in [-0.2, 0) is 21.4 Å². The number of hydrogen-bond donors (Lipinski definition) is 0. The summed E-state index contributed by atoms with van der Waals surface area (Å²) in [4.78, 5) is 5.19. The number of fused-ring (bicyclic) bond motifs is 1. The van der Waals surface area contributed by atoms with Gasteiger partial charge in [-0.05, 0) is 32.0 Å². The predicted octanol–water partition coefficient (Wildman–Crippen LogP) is 2.73. The van der Waals surface area contributed by atoms with Crippen LogP contribution in [0.1, 0.15) is 26.0 Å². The van der Waals surface area contributed by atoms with Gasteiger partial charge in [0.25, 0.3) is 0 Å². The number of oxime groups is 1. The molecular formula is C13H13FN2O3S. The van der Waals surface area contributed by atoms with Crippen molar-refractivity contribution >= 4 is 26.8 Å². The molecule has 1 unspecified atom stereocenters. The van der Waals surface area contributed by atoms with E-state index in [1.54, 1.807) is 0 Å². The highest BCUT2D eigenvalue weighted by Gasteiger charge is 2.32. The van der Waals surface area contributed by atoms with Gasteiger partial charge in [-0.2, -0.15) is 0 Å². The zero-order chi connectivity index (χ0) is 14.3. The lowest BCUT2D eigenvalue weighted by Gasteiger charge is -2.12. The van der Waals surface area contributed by atoms with E-state index >= 15 is 0 Å². The van der Waals surface area contributed by atoms with Crippen LogP contribution >= 0.6 is 0 Å². The molecule has 0 saturated carbocycles. The summed E-state index contributed by atoms with van der Waals surface area (Å²) in [5, 5.41) is 8.73. The minimum Gasteiger partial charge on any atom is -0.389 e. The van der Waals surface area contributed by atoms with Gasteiger partial charge in [-0.1, -0.05) is 10.3 Å². The lowest BCUT2D eigenvalue weighted by atomic mass is 10.1. The Balaban J connectivity index is 1.83. The number of aromatic nitrogens is 1. The van der Waals surface area contributed by atoms with Crippen LogP contribution < -0.4 is 0 Å². The maximum atomic E-state index is 13.2. The Morgan fingerprint density at radius 2 is 2.25 bits per heavy atom. The third-order valence-corrected chi connectivity index (χ3v) is 4.29. The van der Waals surface area contributed by atoms with Crippen molar-refractivity contribution in [1.82, 2.24) is 5.16 Å². The van der Waals surface area contributed by atoms with Crippen LogP contribution in [0.3, 0.4) is 0 Å². The summed E-state index contributed by atoms with van der Waals surface area (Å²) in [6.07, 6.45) is 0.504. The van der Waals surface area contributed by atoms with Crippen molar-refractivity contribution < 1.29 is 18.0 Å². The maximum Gasteiger partial charge on any atom is 0.167 e. The molecule has 0 saturated heterocycles. The molecule has 0 spiro atoms. The van der Waals surface area contributed by atoms with Crippen LogP contribution in [0, 0.1) is 5.82 Å². The fourth-order valence-electron chi connectivity index (χ4n) is 2.00. The van der Waals surface area contributed by atoms with E-state index in [2.05, 4.69) is 10.3 Å². The molecule has 0 aliphatic carbocycles. The Kier molecular flexibility index (Phi) is 3.08. The van der Waals surface area contributed by atoms with E-state index in [-0.39, 0.29) is 11.6 Å². The Bertz CT molecular complexity index is 723. The second kappa shape index (κ2) is 4.66. The molecule has 2 aromatic rings. The minimum atomic E-state index is -1.35. The quantitative estimate of drug-likeness (QED) is 0.854. The topological polar surface area (TPSA) is 64.7 Å².